The summed E-state index contributed by atoms with van der Waals surface area (Å²) in [5.41, 5.74) is 2.08. The van der Waals surface area contributed by atoms with Gasteiger partial charge in [0.05, 0.1) is 21.1 Å². The number of benzene rings is 1. The molecule has 1 N–H and O–H groups in total. The first kappa shape index (κ1) is 13.7. The highest BCUT2D eigenvalue weighted by atomic mass is 127. The minimum atomic E-state index is -0.494. The van der Waals surface area contributed by atoms with Crippen LogP contribution in [0.2, 0.25) is 0 Å². The van der Waals surface area contributed by atoms with Crippen molar-refractivity contribution in [2.75, 3.05) is 21.1 Å². The van der Waals surface area contributed by atoms with Crippen LogP contribution in [-0.2, 0) is 0 Å². The van der Waals surface area contributed by atoms with Gasteiger partial charge < -0.3 is 33.8 Å². The molecule has 1 aromatic rings. The predicted octanol–water partition coefficient (Wildman–Crippen LogP) is -1.30. The molecule has 16 heavy (non-hydrogen) atoms. The average Bonchev–Trinajstić information content (AvgIpc) is 2.41. The Balaban J connectivity index is 0.00000128. The summed E-state index contributed by atoms with van der Waals surface area (Å²) >= 11 is 0. The Morgan fingerprint density at radius 1 is 1.25 bits per heavy atom. The van der Waals surface area contributed by atoms with Gasteiger partial charge >= 0.3 is 0 Å². The first-order chi connectivity index (χ1) is 6.89. The van der Waals surface area contributed by atoms with Gasteiger partial charge in [-0.3, -0.25) is 4.48 Å². The van der Waals surface area contributed by atoms with E-state index < -0.39 is 6.10 Å². The van der Waals surface area contributed by atoms with E-state index in [0.717, 1.165) is 15.8 Å². The van der Waals surface area contributed by atoms with Gasteiger partial charge in [0.1, 0.15) is 23.6 Å². The topological polar surface area (TPSA) is 29.5 Å². The van der Waals surface area contributed by atoms with Crippen molar-refractivity contribution in [3.05, 3.63) is 23.8 Å². The quantitative estimate of drug-likeness (QED) is 0.511. The maximum Gasteiger partial charge on any atom is 0.132 e. The minimum absolute atomic E-state index is 0. The van der Waals surface area contributed by atoms with Crippen LogP contribution >= 0.6 is 0 Å². The summed E-state index contributed by atoms with van der Waals surface area (Å²) in [6.45, 7) is 1.89. The Bertz CT molecular complexity index is 387. The molecule has 0 aliphatic carbocycles. The Kier molecular flexibility index (Phi) is 3.87. The summed E-state index contributed by atoms with van der Waals surface area (Å²) in [7, 11) is 6.31. The van der Waals surface area contributed by atoms with Crippen molar-refractivity contribution >= 4 is 5.69 Å². The van der Waals surface area contributed by atoms with Crippen LogP contribution in [0.1, 0.15) is 18.6 Å². The van der Waals surface area contributed by atoms with Gasteiger partial charge in [-0.1, -0.05) is 0 Å². The third-order valence-corrected chi connectivity index (χ3v) is 2.84. The van der Waals surface area contributed by atoms with Gasteiger partial charge in [0.2, 0.25) is 0 Å². The molecule has 0 fully saturated rings. The second-order valence-electron chi connectivity index (χ2n) is 5.00. The van der Waals surface area contributed by atoms with Crippen LogP contribution in [0, 0.1) is 0 Å². The van der Waals surface area contributed by atoms with Crippen molar-refractivity contribution in [2.24, 2.45) is 0 Å². The zero-order valence-electron chi connectivity index (χ0n) is 10.1. The van der Waals surface area contributed by atoms with Gasteiger partial charge in [-0.25, -0.2) is 0 Å². The van der Waals surface area contributed by atoms with Gasteiger partial charge in [0.15, 0.2) is 0 Å². The van der Waals surface area contributed by atoms with Crippen molar-refractivity contribution < 1.29 is 33.8 Å². The van der Waals surface area contributed by atoms with Crippen molar-refractivity contribution in [2.45, 2.75) is 19.1 Å². The summed E-state index contributed by atoms with van der Waals surface area (Å²) in [5, 5.41) is 9.91. The third kappa shape index (κ3) is 2.33. The Hall–Kier alpha value is -0.330. The molecule has 0 saturated heterocycles. The molecule has 2 atom stereocenters. The highest BCUT2D eigenvalue weighted by molar-refractivity contribution is 5.52. The lowest BCUT2D eigenvalue weighted by Gasteiger charge is -2.23. The molecule has 90 valence electrons. The third-order valence-electron chi connectivity index (χ3n) is 2.84. The van der Waals surface area contributed by atoms with Gasteiger partial charge in [-0.2, -0.15) is 0 Å². The zero-order chi connectivity index (χ0) is 11.2. The summed E-state index contributed by atoms with van der Waals surface area (Å²) < 4.78 is 6.27. The van der Waals surface area contributed by atoms with E-state index in [4.69, 9.17) is 4.74 Å². The fourth-order valence-corrected chi connectivity index (χ4v) is 1.81. The molecular formula is C12H18INO2. The number of nitrogens with zero attached hydrogens (tertiary/aromatic N) is 1. The number of rotatable bonds is 1. The lowest BCUT2D eigenvalue weighted by molar-refractivity contribution is -0.00000494. The van der Waals surface area contributed by atoms with Crippen LogP contribution in [0.3, 0.4) is 0 Å². The molecule has 0 radical (unpaired) electrons. The van der Waals surface area contributed by atoms with Crippen molar-refractivity contribution in [3.63, 3.8) is 0 Å². The molecule has 3 nitrogen and oxygen atoms in total. The number of hydrogen-bond acceptors (Lipinski definition) is 2. The average molecular weight is 335 g/mol. The van der Waals surface area contributed by atoms with E-state index in [1.807, 2.05) is 25.1 Å². The molecular weight excluding hydrogens is 317 g/mol. The van der Waals surface area contributed by atoms with Crippen molar-refractivity contribution in [3.8, 4) is 5.75 Å². The number of aliphatic hydroxyl groups is 1. The molecule has 4 heteroatoms. The van der Waals surface area contributed by atoms with Crippen molar-refractivity contribution in [1.82, 2.24) is 4.48 Å². The maximum absolute atomic E-state index is 9.91. The number of quaternary nitrogens is 1. The molecule has 0 bridgehead atoms. The first-order valence-electron chi connectivity index (χ1n) is 5.20. The highest BCUT2D eigenvalue weighted by Gasteiger charge is 2.30. The van der Waals surface area contributed by atoms with E-state index in [1.165, 1.54) is 5.69 Å². The normalized spacial score (nSPS) is 23.3. The van der Waals surface area contributed by atoms with E-state index in [-0.39, 0.29) is 30.1 Å². The monoisotopic (exact) mass is 335 g/mol. The Morgan fingerprint density at radius 2 is 1.88 bits per heavy atom. The lowest BCUT2D eigenvalue weighted by Crippen LogP contribution is -3.00. The predicted molar refractivity (Wildman–Crippen MR) is 61.1 cm³/mol. The lowest BCUT2D eigenvalue weighted by atomic mass is 10.1. The molecule has 1 aliphatic rings. The van der Waals surface area contributed by atoms with E-state index >= 15 is 0 Å². The standard InChI is InChI=1S/C12H18NO2.HI/c1-8-12(14)10-7-9(13(2,3)4)5-6-11(10)15-8;/h5-8,12,14H,1-4H3;1H/q+1;/p-1. The smallest absolute Gasteiger partial charge is 0.132 e. The molecule has 1 aromatic carbocycles. The number of hydrogen-bond donors (Lipinski definition) is 1. The second kappa shape index (κ2) is 4.50. The van der Waals surface area contributed by atoms with Crippen LogP contribution in [0.25, 0.3) is 0 Å². The maximum atomic E-state index is 9.91. The molecule has 1 heterocycles. The fourth-order valence-electron chi connectivity index (χ4n) is 1.81. The van der Waals surface area contributed by atoms with Gasteiger partial charge in [0.25, 0.3) is 0 Å². The molecule has 2 unspecified atom stereocenters. The number of ether oxygens (including phenoxy) is 1. The SMILES string of the molecule is CC1Oc2ccc([N+](C)(C)C)cc2C1O.[I-]. The van der Waals surface area contributed by atoms with Crippen LogP contribution in [-0.4, -0.2) is 32.4 Å². The largest absolute Gasteiger partial charge is 1.00 e. The summed E-state index contributed by atoms with van der Waals surface area (Å²) in [4.78, 5) is 0. The minimum Gasteiger partial charge on any atom is -1.00 e. The molecule has 0 amide bonds. The summed E-state index contributed by atoms with van der Waals surface area (Å²) in [6.07, 6.45) is -0.630. The zero-order valence-corrected chi connectivity index (χ0v) is 12.2. The van der Waals surface area contributed by atoms with E-state index in [9.17, 15) is 5.11 Å². The van der Waals surface area contributed by atoms with Crippen LogP contribution in [0.5, 0.6) is 5.75 Å². The molecule has 1 aliphatic heterocycles. The molecule has 0 spiro atoms. The first-order valence-corrected chi connectivity index (χ1v) is 5.20. The number of halogens is 1. The van der Waals surface area contributed by atoms with Gasteiger partial charge in [-0.05, 0) is 13.0 Å². The number of aliphatic hydroxyl groups excluding tert-OH is 1. The summed E-state index contributed by atoms with van der Waals surface area (Å²) in [6, 6.07) is 6.02. The molecule has 0 saturated carbocycles. The van der Waals surface area contributed by atoms with Crippen molar-refractivity contribution in [1.29, 1.82) is 0 Å². The number of fused-ring (bicyclic) bond motifs is 1. The van der Waals surface area contributed by atoms with E-state index in [2.05, 4.69) is 21.1 Å². The molecule has 0 aromatic heterocycles. The van der Waals surface area contributed by atoms with E-state index in [0.29, 0.717) is 0 Å². The fraction of sp³-hybridized carbons (Fsp3) is 0.500. The van der Waals surface area contributed by atoms with Crippen LogP contribution in [0.4, 0.5) is 5.69 Å². The Labute approximate surface area is 114 Å². The Morgan fingerprint density at radius 3 is 2.44 bits per heavy atom. The van der Waals surface area contributed by atoms with E-state index in [1.54, 1.807) is 0 Å². The summed E-state index contributed by atoms with van der Waals surface area (Å²) in [5.74, 6) is 0.812. The van der Waals surface area contributed by atoms with Crippen LogP contribution < -0.4 is 33.2 Å². The van der Waals surface area contributed by atoms with Crippen LogP contribution in [0.15, 0.2) is 18.2 Å². The van der Waals surface area contributed by atoms with Gasteiger partial charge in [0, 0.05) is 17.7 Å². The van der Waals surface area contributed by atoms with Gasteiger partial charge in [-0.15, -0.1) is 0 Å². The second-order valence-corrected chi connectivity index (χ2v) is 5.00. The highest BCUT2D eigenvalue weighted by Crippen LogP contribution is 2.39. The molecule has 2 rings (SSSR count).